The minimum atomic E-state index is -0.137. The van der Waals surface area contributed by atoms with Gasteiger partial charge >= 0.3 is 0 Å². The van der Waals surface area contributed by atoms with Crippen LogP contribution in [0.15, 0.2) is 193 Å². The van der Waals surface area contributed by atoms with E-state index in [0.717, 1.165) is 197 Å². The SMILES string of the molecule is CCc1cc(N2CCC(N3CCOCC3)CC2)cn2c(=O)cc(-c3ccc(OC)c(OC)c3)nc12.Cc1cn2nc(-c3cc(=O)n4cc(N5CCNCC5)ccc4n3)cc2cn1.Cc1nc2ccc(-c3cc(=O)n4cc(C5=CCN(C)CC5)ncc4n3)cc2o1.Cc1nc2ccc(-c3cc(=O)n4cc(C5=CCNCC5)ncc4n3)cc2o1. The molecule has 0 spiro atoms. The maximum Gasteiger partial charge on any atom is 0.258 e. The molecule has 3 saturated heterocycles. The van der Waals surface area contributed by atoms with Crippen LogP contribution >= 0.6 is 0 Å². The van der Waals surface area contributed by atoms with Crippen molar-refractivity contribution in [1.82, 2.24) is 92.5 Å². The van der Waals surface area contributed by atoms with Gasteiger partial charge in [0.2, 0.25) is 0 Å². The maximum atomic E-state index is 13.2. The Morgan fingerprint density at radius 2 is 1.07 bits per heavy atom. The Bertz CT molecular complexity index is 6600. The van der Waals surface area contributed by atoms with Crippen molar-refractivity contribution in [2.45, 2.75) is 65.8 Å². The fourth-order valence-corrected chi connectivity index (χ4v) is 15.6. The third-order valence-electron chi connectivity index (χ3n) is 22.0. The van der Waals surface area contributed by atoms with Crippen molar-refractivity contribution in [1.29, 1.82) is 0 Å². The summed E-state index contributed by atoms with van der Waals surface area (Å²) in [5.41, 5.74) is 19.2. The van der Waals surface area contributed by atoms with Crippen molar-refractivity contribution in [3.8, 4) is 56.7 Å². The number of hydrogen-bond acceptors (Lipinski definition) is 25. The lowest BCUT2D eigenvalue weighted by atomic mass is 10.0. The first-order valence-electron chi connectivity index (χ1n) is 39.5. The maximum absolute atomic E-state index is 13.2. The molecule has 20 rings (SSSR count). The number of nitrogens with one attached hydrogen (secondary N) is 2. The van der Waals surface area contributed by atoms with Gasteiger partial charge in [0, 0.05) is 158 Å². The van der Waals surface area contributed by atoms with E-state index in [1.54, 1.807) is 86.4 Å². The van der Waals surface area contributed by atoms with Gasteiger partial charge in [-0.05, 0) is 136 Å². The van der Waals surface area contributed by atoms with Crippen molar-refractivity contribution in [2.24, 2.45) is 0 Å². The van der Waals surface area contributed by atoms with Gasteiger partial charge in [0.1, 0.15) is 28.0 Å². The Labute approximate surface area is 671 Å². The van der Waals surface area contributed by atoms with Crippen molar-refractivity contribution in [3.05, 3.63) is 241 Å². The van der Waals surface area contributed by atoms with Crippen molar-refractivity contribution in [2.75, 3.05) is 123 Å². The molecule has 30 nitrogen and oxygen atoms in total. The fraction of sp³-hybridized carbons (Fsp3) is 0.310. The predicted molar refractivity (Wildman–Crippen MR) is 450 cm³/mol. The van der Waals surface area contributed by atoms with Gasteiger partial charge in [-0.1, -0.05) is 31.2 Å². The van der Waals surface area contributed by atoms with E-state index < -0.39 is 0 Å². The lowest BCUT2D eigenvalue weighted by Gasteiger charge is -2.40. The number of benzene rings is 3. The number of piperidine rings is 1. The Hall–Kier alpha value is -13.0. The number of nitrogens with zero attached hydrogens (tertiary/aromatic N) is 19. The first-order valence-corrected chi connectivity index (χ1v) is 39.5. The molecule has 596 valence electrons. The summed E-state index contributed by atoms with van der Waals surface area (Å²) in [6.07, 6.45) is 23.5. The van der Waals surface area contributed by atoms with Crippen LogP contribution in [0.5, 0.6) is 11.5 Å². The summed E-state index contributed by atoms with van der Waals surface area (Å²) >= 11 is 0. The Kier molecular flexibility index (Phi) is 21.9. The molecule has 17 heterocycles. The van der Waals surface area contributed by atoms with Crippen molar-refractivity contribution < 1.29 is 23.0 Å². The number of hydrogen-bond donors (Lipinski definition) is 2. The molecule has 12 aromatic heterocycles. The van der Waals surface area contributed by atoms with Crippen LogP contribution in [0.4, 0.5) is 11.4 Å². The highest BCUT2D eigenvalue weighted by atomic mass is 16.5. The molecule has 30 heteroatoms. The van der Waals surface area contributed by atoms with E-state index in [9.17, 15) is 19.2 Å². The van der Waals surface area contributed by atoms with Crippen LogP contribution in [-0.4, -0.2) is 201 Å². The lowest BCUT2D eigenvalue weighted by molar-refractivity contribution is 0.0115. The minimum Gasteiger partial charge on any atom is -0.493 e. The molecule has 3 aromatic carbocycles. The summed E-state index contributed by atoms with van der Waals surface area (Å²) in [5, 5.41) is 11.1. The number of morpholine rings is 1. The first kappa shape index (κ1) is 76.6. The highest BCUT2D eigenvalue weighted by Gasteiger charge is 2.28. The molecular formula is C87H89N21O9. The minimum absolute atomic E-state index is 0.0838. The zero-order valence-corrected chi connectivity index (χ0v) is 66.3. The molecule has 5 aliphatic rings. The topological polar surface area (TPSA) is 310 Å². The highest BCUT2D eigenvalue weighted by Crippen LogP contribution is 2.34. The lowest BCUT2D eigenvalue weighted by Crippen LogP contribution is -2.49. The number of likely N-dealkylation sites (N-methyl/N-ethyl adjacent to an activating group) is 1. The van der Waals surface area contributed by atoms with E-state index in [1.165, 1.54) is 17.7 Å². The molecule has 3 fully saturated rings. The van der Waals surface area contributed by atoms with Gasteiger partial charge in [0.15, 0.2) is 45.7 Å². The number of anilines is 2. The van der Waals surface area contributed by atoms with Gasteiger partial charge in [-0.25, -0.2) is 34.4 Å². The number of piperazine rings is 1. The zero-order valence-electron chi connectivity index (χ0n) is 66.3. The van der Waals surface area contributed by atoms with Crippen molar-refractivity contribution >= 4 is 72.8 Å². The summed E-state index contributed by atoms with van der Waals surface area (Å²) < 4.78 is 35.6. The second kappa shape index (κ2) is 33.4. The number of methoxy groups -OCH3 is 2. The van der Waals surface area contributed by atoms with Crippen LogP contribution in [0, 0.1) is 20.8 Å². The largest absolute Gasteiger partial charge is 0.493 e. The third kappa shape index (κ3) is 16.5. The number of aryl methyl sites for hydroxylation is 4. The molecule has 117 heavy (non-hydrogen) atoms. The zero-order chi connectivity index (χ0) is 80.4. The molecular weight excluding hydrogens is 1480 g/mol. The Balaban J connectivity index is 0.000000113. The predicted octanol–water partition coefficient (Wildman–Crippen LogP) is 9.87. The monoisotopic (exact) mass is 1570 g/mol. The molecule has 15 aromatic rings. The van der Waals surface area contributed by atoms with E-state index >= 15 is 0 Å². The summed E-state index contributed by atoms with van der Waals surface area (Å²) in [6.45, 7) is 20.7. The Morgan fingerprint density at radius 3 is 1.68 bits per heavy atom. The standard InChI is InChI=1S/C27H34N4O4.C21H19N5O2.C20H17N5O2.C19H19N7O/c1-4-19-15-22(29-9-7-21(8-10-29)30-11-13-35-14-12-30)18-31-26(32)17-23(28-27(19)31)20-5-6-24(33-2)25(16-20)34-3;1-13-23-16-4-3-15(9-19(16)28-13)17-10-21(27)26-12-18(22-11-20(26)24-17)14-5-7-25(2)8-6-14;1-12-23-15-3-2-14(8-18(15)27-12)16-9-20(26)25-11-17(22-10-19(25)24-16)13-4-6-21-7-5-13;1-13-11-26-15(10-21-13)8-17(23-26)16-9-19(27)25-12-14(2-3-18(25)22-16)24-6-4-20-5-7-24/h5-6,15-18,21H,4,7-14H2,1-3H3;3-5,9-12H,6-8H2,1-2H3;2-4,8-11,21H,5-7H2,1H3;2-3,8-12,20H,4-7H2,1H3. The normalized spacial score (nSPS) is 15.8. The smallest absolute Gasteiger partial charge is 0.258 e. The average Bonchev–Trinajstić information content (AvgIpc) is 1.21. The molecule has 0 amide bonds. The molecule has 0 aliphatic carbocycles. The number of ether oxygens (including phenoxy) is 3. The fourth-order valence-electron chi connectivity index (χ4n) is 15.6. The van der Waals surface area contributed by atoms with E-state index in [0.29, 0.717) is 91.5 Å². The Morgan fingerprint density at radius 1 is 0.487 bits per heavy atom. The van der Waals surface area contributed by atoms with Crippen LogP contribution in [0.2, 0.25) is 0 Å². The van der Waals surface area contributed by atoms with Crippen molar-refractivity contribution in [3.63, 3.8) is 0 Å². The average molecular weight is 1570 g/mol. The first-order chi connectivity index (χ1) is 57.0. The van der Waals surface area contributed by atoms with Gasteiger partial charge in [-0.15, -0.1) is 0 Å². The van der Waals surface area contributed by atoms with E-state index in [2.05, 4.69) is 107 Å². The number of oxazole rings is 2. The molecule has 0 saturated carbocycles. The second-order valence-corrected chi connectivity index (χ2v) is 29.7. The summed E-state index contributed by atoms with van der Waals surface area (Å²) in [4.78, 5) is 102. The van der Waals surface area contributed by atoms with Crippen LogP contribution in [-0.2, 0) is 11.2 Å². The van der Waals surface area contributed by atoms with Crippen LogP contribution in [0.1, 0.15) is 67.0 Å². The van der Waals surface area contributed by atoms with Gasteiger partial charge in [0.25, 0.3) is 22.2 Å². The highest BCUT2D eigenvalue weighted by molar-refractivity contribution is 5.81. The molecule has 2 N–H and O–H groups in total. The summed E-state index contributed by atoms with van der Waals surface area (Å²) in [6, 6.07) is 31.7. The van der Waals surface area contributed by atoms with Gasteiger partial charge < -0.3 is 48.4 Å². The third-order valence-corrected chi connectivity index (χ3v) is 22.0. The molecule has 5 aliphatic heterocycles. The molecule has 0 atom stereocenters. The van der Waals surface area contributed by atoms with E-state index in [1.807, 2.05) is 105 Å². The van der Waals surface area contributed by atoms with Gasteiger partial charge in [-0.2, -0.15) is 5.10 Å². The van der Waals surface area contributed by atoms with Crippen LogP contribution in [0.3, 0.4) is 0 Å². The molecule has 0 bridgehead atoms. The number of aromatic nitrogens is 15. The van der Waals surface area contributed by atoms with Gasteiger partial charge in [0.05, 0.1) is 109 Å². The van der Waals surface area contributed by atoms with E-state index in [-0.39, 0.29) is 22.2 Å². The van der Waals surface area contributed by atoms with Gasteiger partial charge in [-0.3, -0.25) is 56.6 Å². The van der Waals surface area contributed by atoms with E-state index in [4.69, 9.17) is 28.0 Å². The number of fused-ring (bicyclic) bond motifs is 7. The number of pyridine rings is 2. The quantitative estimate of drug-likeness (QED) is 0.115. The number of rotatable bonds is 12. The summed E-state index contributed by atoms with van der Waals surface area (Å²) in [7, 11) is 5.30. The van der Waals surface area contributed by atoms with Crippen LogP contribution in [0.25, 0.3) is 107 Å². The molecule has 0 radical (unpaired) electrons. The second-order valence-electron chi connectivity index (χ2n) is 29.7. The molecule has 0 unspecified atom stereocenters. The summed E-state index contributed by atoms with van der Waals surface area (Å²) in [5.74, 6) is 2.47. The van der Waals surface area contributed by atoms with Crippen LogP contribution < -0.4 is 52.1 Å².